The maximum atomic E-state index is 12.8. The van der Waals surface area contributed by atoms with Crippen molar-refractivity contribution >= 4 is 14.3 Å². The zero-order chi connectivity index (χ0) is 20.4. The van der Waals surface area contributed by atoms with E-state index in [9.17, 15) is 4.79 Å². The molecule has 0 aromatic rings. The van der Waals surface area contributed by atoms with Gasteiger partial charge in [0, 0.05) is 11.0 Å². The molecule has 0 aromatic heterocycles. The Kier molecular flexibility index (Phi) is 4.88. The lowest BCUT2D eigenvalue weighted by atomic mass is 9.70. The van der Waals surface area contributed by atoms with Crippen LogP contribution in [0.4, 0.5) is 0 Å². The summed E-state index contributed by atoms with van der Waals surface area (Å²) in [5, 5.41) is 0.170. The van der Waals surface area contributed by atoms with Crippen LogP contribution < -0.4 is 0 Å². The van der Waals surface area contributed by atoms with Crippen molar-refractivity contribution in [1.82, 2.24) is 0 Å². The minimum absolute atomic E-state index is 0.0368. The largest absolute Gasteiger partial charge is 0.463 e. The summed E-state index contributed by atoms with van der Waals surface area (Å²) < 4.78 is 12.5. The fraction of sp³-hybridized carbons (Fsp3) is 0.783. The zero-order valence-electron chi connectivity index (χ0n) is 18.6. The molecule has 0 aliphatic heterocycles. The molecule has 1 spiro atoms. The minimum Gasteiger partial charge on any atom is -0.463 e. The van der Waals surface area contributed by atoms with E-state index in [0.29, 0.717) is 18.4 Å². The van der Waals surface area contributed by atoms with E-state index in [1.54, 1.807) is 0 Å². The van der Waals surface area contributed by atoms with Gasteiger partial charge in [-0.05, 0) is 61.6 Å². The number of hydrogen-bond donors (Lipinski definition) is 0. The van der Waals surface area contributed by atoms with Gasteiger partial charge in [-0.25, -0.2) is 4.79 Å². The Morgan fingerprint density at radius 2 is 1.96 bits per heavy atom. The second kappa shape index (κ2) is 6.31. The third-order valence-electron chi connectivity index (χ3n) is 7.92. The third kappa shape index (κ3) is 2.98. The average molecular weight is 391 g/mol. The Hall–Kier alpha value is -0.873. The van der Waals surface area contributed by atoms with Gasteiger partial charge in [0.25, 0.3) is 0 Å². The van der Waals surface area contributed by atoms with Gasteiger partial charge in [-0.3, -0.25) is 0 Å². The molecule has 0 aromatic carbocycles. The number of carbonyl (C=O) groups is 1. The van der Waals surface area contributed by atoms with Crippen molar-refractivity contribution in [2.45, 2.75) is 85.0 Å². The molecule has 0 radical (unpaired) electrons. The van der Waals surface area contributed by atoms with Crippen molar-refractivity contribution in [3.8, 4) is 0 Å². The van der Waals surface area contributed by atoms with Crippen molar-refractivity contribution in [1.29, 1.82) is 0 Å². The lowest BCUT2D eigenvalue weighted by molar-refractivity contribution is -0.140. The van der Waals surface area contributed by atoms with Gasteiger partial charge in [-0.2, -0.15) is 0 Å². The Balaban J connectivity index is 2.02. The molecule has 152 valence electrons. The fourth-order valence-corrected chi connectivity index (χ4v) is 7.24. The summed E-state index contributed by atoms with van der Waals surface area (Å²) >= 11 is 0. The number of rotatable bonds is 4. The second-order valence-corrected chi connectivity index (χ2v) is 15.9. The average Bonchev–Trinajstić information content (AvgIpc) is 3.05. The SMILES string of the molecule is C=C1CC2[C@@H](O[Si](C)(C)C(C)(C)C)C(C)(C)CC23C(C(=O)OCC)=CCC13. The van der Waals surface area contributed by atoms with Crippen LogP contribution in [0.15, 0.2) is 23.8 Å². The molecule has 2 saturated carbocycles. The van der Waals surface area contributed by atoms with E-state index >= 15 is 0 Å². The lowest BCUT2D eigenvalue weighted by Gasteiger charge is -2.43. The molecule has 4 atom stereocenters. The summed E-state index contributed by atoms with van der Waals surface area (Å²) in [6, 6.07) is 0. The minimum atomic E-state index is -1.92. The van der Waals surface area contributed by atoms with Crippen LogP contribution in [-0.2, 0) is 14.0 Å². The normalized spacial score (nSPS) is 35.0. The number of esters is 1. The summed E-state index contributed by atoms with van der Waals surface area (Å²) in [6.07, 6.45) is 5.19. The van der Waals surface area contributed by atoms with Crippen LogP contribution in [0.3, 0.4) is 0 Å². The fourth-order valence-electron chi connectivity index (χ4n) is 5.76. The van der Waals surface area contributed by atoms with Crippen LogP contribution >= 0.6 is 0 Å². The van der Waals surface area contributed by atoms with E-state index in [-0.39, 0.29) is 27.9 Å². The van der Waals surface area contributed by atoms with Gasteiger partial charge in [0.15, 0.2) is 8.32 Å². The summed E-state index contributed by atoms with van der Waals surface area (Å²) in [5.74, 6) is 0.579. The molecule has 0 heterocycles. The van der Waals surface area contributed by atoms with Crippen LogP contribution in [-0.4, -0.2) is 27.0 Å². The van der Waals surface area contributed by atoms with E-state index in [0.717, 1.165) is 24.8 Å². The molecule has 4 heteroatoms. The van der Waals surface area contributed by atoms with Crippen molar-refractivity contribution in [3.63, 3.8) is 0 Å². The number of carbonyl (C=O) groups excluding carboxylic acids is 1. The monoisotopic (exact) mass is 390 g/mol. The molecule has 27 heavy (non-hydrogen) atoms. The molecule has 0 saturated heterocycles. The summed E-state index contributed by atoms with van der Waals surface area (Å²) in [6.45, 7) is 23.0. The summed E-state index contributed by atoms with van der Waals surface area (Å²) in [7, 11) is -1.92. The predicted molar refractivity (Wildman–Crippen MR) is 113 cm³/mol. The Bertz CT molecular complexity index is 682. The van der Waals surface area contributed by atoms with Crippen molar-refractivity contribution in [2.75, 3.05) is 6.61 Å². The van der Waals surface area contributed by atoms with Gasteiger partial charge in [0.05, 0.1) is 12.7 Å². The molecule has 2 fully saturated rings. The number of allylic oxidation sites excluding steroid dienone is 2. The molecule has 3 aliphatic carbocycles. The molecule has 3 rings (SSSR count). The van der Waals surface area contributed by atoms with E-state index < -0.39 is 8.32 Å². The van der Waals surface area contributed by atoms with E-state index in [2.05, 4.69) is 60.4 Å². The predicted octanol–water partition coefficient (Wildman–Crippen LogP) is 5.88. The molecule has 3 nitrogen and oxygen atoms in total. The zero-order valence-corrected chi connectivity index (χ0v) is 19.6. The quantitative estimate of drug-likeness (QED) is 0.342. The van der Waals surface area contributed by atoms with Gasteiger partial charge >= 0.3 is 5.97 Å². The van der Waals surface area contributed by atoms with Crippen LogP contribution in [0.25, 0.3) is 0 Å². The van der Waals surface area contributed by atoms with Crippen molar-refractivity contribution in [3.05, 3.63) is 23.8 Å². The summed E-state index contributed by atoms with van der Waals surface area (Å²) in [5.41, 5.74) is 2.11. The highest BCUT2D eigenvalue weighted by atomic mass is 28.4. The molecular weight excluding hydrogens is 352 g/mol. The molecule has 3 unspecified atom stereocenters. The van der Waals surface area contributed by atoms with Crippen molar-refractivity contribution < 1.29 is 14.0 Å². The summed E-state index contributed by atoms with van der Waals surface area (Å²) in [4.78, 5) is 12.8. The van der Waals surface area contributed by atoms with Gasteiger partial charge < -0.3 is 9.16 Å². The highest BCUT2D eigenvalue weighted by Crippen LogP contribution is 2.71. The van der Waals surface area contributed by atoms with E-state index in [4.69, 9.17) is 9.16 Å². The van der Waals surface area contributed by atoms with Crippen molar-refractivity contribution in [2.24, 2.45) is 22.7 Å². The Morgan fingerprint density at radius 3 is 2.52 bits per heavy atom. The standard InChI is InChI=1S/C23H38O3Si/c1-10-25-20(24)17-12-11-16-15(2)13-18-19(22(6,7)14-23(16,17)18)26-27(8,9)21(3,4)5/h12,16,18-19H,2,10-11,13-14H2,1,3-9H3/t16?,18?,19-,23?/m1/s1. The maximum Gasteiger partial charge on any atom is 0.334 e. The highest BCUT2D eigenvalue weighted by Gasteiger charge is 2.68. The molecule has 0 N–H and O–H groups in total. The third-order valence-corrected chi connectivity index (χ3v) is 12.4. The second-order valence-electron chi connectivity index (χ2n) is 11.1. The lowest BCUT2D eigenvalue weighted by Crippen LogP contribution is -2.48. The first kappa shape index (κ1) is 20.9. The van der Waals surface area contributed by atoms with Gasteiger partial charge in [0.1, 0.15) is 0 Å². The van der Waals surface area contributed by atoms with Gasteiger partial charge in [-0.15, -0.1) is 0 Å². The molecular formula is C23H38O3Si. The first-order chi connectivity index (χ1) is 12.3. The Labute approximate surface area is 166 Å². The van der Waals surface area contributed by atoms with E-state index in [1.165, 1.54) is 5.57 Å². The smallest absolute Gasteiger partial charge is 0.334 e. The Morgan fingerprint density at radius 1 is 1.33 bits per heavy atom. The van der Waals surface area contributed by atoms with Gasteiger partial charge in [0.2, 0.25) is 0 Å². The molecule has 3 aliphatic rings. The molecule has 0 amide bonds. The number of ether oxygens (including phenoxy) is 1. The van der Waals surface area contributed by atoms with Crippen LogP contribution in [0.5, 0.6) is 0 Å². The van der Waals surface area contributed by atoms with Crippen LogP contribution in [0.1, 0.15) is 60.8 Å². The number of hydrogen-bond acceptors (Lipinski definition) is 3. The van der Waals surface area contributed by atoms with Gasteiger partial charge in [-0.1, -0.05) is 52.8 Å². The topological polar surface area (TPSA) is 35.5 Å². The molecule has 0 bridgehead atoms. The van der Waals surface area contributed by atoms with E-state index in [1.807, 2.05) is 6.92 Å². The first-order valence-corrected chi connectivity index (χ1v) is 13.4. The first-order valence-electron chi connectivity index (χ1n) is 10.5. The highest BCUT2D eigenvalue weighted by molar-refractivity contribution is 6.74. The van der Waals surface area contributed by atoms with Crippen LogP contribution in [0, 0.1) is 22.7 Å². The van der Waals surface area contributed by atoms with Crippen LogP contribution in [0.2, 0.25) is 18.1 Å². The maximum absolute atomic E-state index is 12.8.